The maximum absolute atomic E-state index is 13.1. The summed E-state index contributed by atoms with van der Waals surface area (Å²) in [5, 5.41) is 4.11. The molecule has 0 spiro atoms. The molecule has 0 aliphatic carbocycles. The molecule has 9 nitrogen and oxygen atoms in total. The number of aryl methyl sites for hydroxylation is 1. The van der Waals surface area contributed by atoms with E-state index in [9.17, 15) is 13.2 Å². The number of piperazine rings is 1. The number of amides is 1. The van der Waals surface area contributed by atoms with E-state index in [-0.39, 0.29) is 11.8 Å². The third-order valence-corrected chi connectivity index (χ3v) is 8.92. The van der Waals surface area contributed by atoms with Crippen LogP contribution in [0.4, 0.5) is 0 Å². The van der Waals surface area contributed by atoms with Crippen LogP contribution in [0, 0.1) is 12.8 Å². The number of nitrogens with zero attached hydrogens (tertiary/aromatic N) is 5. The standard InChI is InChI=1S/C26H31N5O4S/c1-20-7-9-21(10-8-20)25-27-24(35-28-25)19-29-13-11-22(12-14-29)26(32)30-15-17-31(18-16-30)36(33,34)23-5-3-2-4-6-23/h2-10,22H,11-19H2,1H3. The Morgan fingerprint density at radius 3 is 2.28 bits per heavy atom. The molecule has 0 atom stereocenters. The largest absolute Gasteiger partial charge is 0.340 e. The lowest BCUT2D eigenvalue weighted by molar-refractivity contribution is -0.138. The first-order chi connectivity index (χ1) is 17.4. The van der Waals surface area contributed by atoms with E-state index >= 15 is 0 Å². The van der Waals surface area contributed by atoms with Gasteiger partial charge in [0, 0.05) is 37.7 Å². The third kappa shape index (κ3) is 5.35. The summed E-state index contributed by atoms with van der Waals surface area (Å²) in [5.41, 5.74) is 2.11. The highest BCUT2D eigenvalue weighted by molar-refractivity contribution is 7.89. The lowest BCUT2D eigenvalue weighted by Gasteiger charge is -2.38. The molecule has 0 unspecified atom stereocenters. The highest BCUT2D eigenvalue weighted by Crippen LogP contribution is 2.24. The fourth-order valence-corrected chi connectivity index (χ4v) is 6.26. The van der Waals surface area contributed by atoms with Crippen LogP contribution in [0.5, 0.6) is 0 Å². The zero-order chi connectivity index (χ0) is 25.1. The smallest absolute Gasteiger partial charge is 0.243 e. The summed E-state index contributed by atoms with van der Waals surface area (Å²) in [6.45, 7) is 5.66. The van der Waals surface area contributed by atoms with Gasteiger partial charge in [-0.3, -0.25) is 9.69 Å². The van der Waals surface area contributed by atoms with Crippen molar-refractivity contribution in [2.45, 2.75) is 31.2 Å². The van der Waals surface area contributed by atoms with E-state index in [0.717, 1.165) is 31.5 Å². The van der Waals surface area contributed by atoms with Crippen LogP contribution in [0.2, 0.25) is 0 Å². The van der Waals surface area contributed by atoms with E-state index in [1.807, 2.05) is 36.1 Å². The van der Waals surface area contributed by atoms with E-state index in [2.05, 4.69) is 15.0 Å². The second-order valence-electron chi connectivity index (χ2n) is 9.47. The molecule has 190 valence electrons. The number of hydrogen-bond acceptors (Lipinski definition) is 7. The molecule has 36 heavy (non-hydrogen) atoms. The van der Waals surface area contributed by atoms with Gasteiger partial charge in [0.05, 0.1) is 11.4 Å². The molecule has 0 bridgehead atoms. The quantitative estimate of drug-likeness (QED) is 0.504. The van der Waals surface area contributed by atoms with Crippen LogP contribution >= 0.6 is 0 Å². The number of likely N-dealkylation sites (tertiary alicyclic amines) is 1. The van der Waals surface area contributed by atoms with Crippen LogP contribution in [0.3, 0.4) is 0 Å². The molecule has 0 saturated carbocycles. The van der Waals surface area contributed by atoms with E-state index in [0.29, 0.717) is 49.3 Å². The summed E-state index contributed by atoms with van der Waals surface area (Å²) in [5.74, 6) is 1.25. The van der Waals surface area contributed by atoms with Crippen LogP contribution < -0.4 is 0 Å². The summed E-state index contributed by atoms with van der Waals surface area (Å²) in [6.07, 6.45) is 1.53. The molecule has 0 radical (unpaired) electrons. The minimum absolute atomic E-state index is 0.0377. The Bertz CT molecular complexity index is 1280. The van der Waals surface area contributed by atoms with Crippen LogP contribution in [0.1, 0.15) is 24.3 Å². The first kappa shape index (κ1) is 24.6. The molecular formula is C26H31N5O4S. The number of hydrogen-bond donors (Lipinski definition) is 0. The van der Waals surface area contributed by atoms with Gasteiger partial charge in [0.1, 0.15) is 0 Å². The summed E-state index contributed by atoms with van der Waals surface area (Å²) < 4.78 is 32.6. The number of rotatable bonds is 6. The Morgan fingerprint density at radius 1 is 0.944 bits per heavy atom. The van der Waals surface area contributed by atoms with Crippen molar-refractivity contribution in [3.8, 4) is 11.4 Å². The monoisotopic (exact) mass is 509 g/mol. The summed E-state index contributed by atoms with van der Waals surface area (Å²) in [7, 11) is -3.52. The predicted molar refractivity (Wildman–Crippen MR) is 134 cm³/mol. The molecule has 1 amide bonds. The fraction of sp³-hybridized carbons (Fsp3) is 0.423. The molecule has 2 saturated heterocycles. The average Bonchev–Trinajstić information content (AvgIpc) is 3.38. The minimum atomic E-state index is -3.52. The SMILES string of the molecule is Cc1ccc(-c2noc(CN3CCC(C(=O)N4CCN(S(=O)(=O)c5ccccc5)CC4)CC3)n2)cc1. The minimum Gasteiger partial charge on any atom is -0.340 e. The van der Waals surface area contributed by atoms with Gasteiger partial charge in [0.15, 0.2) is 0 Å². The molecule has 10 heteroatoms. The average molecular weight is 510 g/mol. The Labute approximate surface area is 211 Å². The molecule has 0 N–H and O–H groups in total. The molecule has 1 aromatic heterocycles. The second-order valence-corrected chi connectivity index (χ2v) is 11.4. The number of benzene rings is 2. The number of carbonyl (C=O) groups is 1. The van der Waals surface area contributed by atoms with Crippen LogP contribution in [-0.2, 0) is 21.4 Å². The number of piperidine rings is 1. The molecule has 2 aliphatic rings. The Morgan fingerprint density at radius 2 is 1.61 bits per heavy atom. The number of carbonyl (C=O) groups excluding carboxylic acids is 1. The van der Waals surface area contributed by atoms with Gasteiger partial charge in [0.25, 0.3) is 0 Å². The van der Waals surface area contributed by atoms with Crippen molar-refractivity contribution in [1.29, 1.82) is 0 Å². The lowest BCUT2D eigenvalue weighted by atomic mass is 9.95. The zero-order valence-corrected chi connectivity index (χ0v) is 21.2. The van der Waals surface area contributed by atoms with Crippen LogP contribution in [0.25, 0.3) is 11.4 Å². The maximum Gasteiger partial charge on any atom is 0.243 e. The van der Waals surface area contributed by atoms with Crippen LogP contribution in [-0.4, -0.2) is 77.8 Å². The van der Waals surface area contributed by atoms with Crippen molar-refractivity contribution in [1.82, 2.24) is 24.2 Å². The molecule has 3 heterocycles. The van der Waals surface area contributed by atoms with Crippen molar-refractivity contribution in [2.75, 3.05) is 39.3 Å². The predicted octanol–water partition coefficient (Wildman–Crippen LogP) is 2.79. The van der Waals surface area contributed by atoms with Gasteiger partial charge in [-0.1, -0.05) is 53.2 Å². The Balaban J connectivity index is 1.10. The summed E-state index contributed by atoms with van der Waals surface area (Å²) >= 11 is 0. The van der Waals surface area contributed by atoms with Gasteiger partial charge in [-0.05, 0) is 45.0 Å². The lowest BCUT2D eigenvalue weighted by Crippen LogP contribution is -2.52. The topological polar surface area (TPSA) is 99.9 Å². The van der Waals surface area contributed by atoms with Gasteiger partial charge in [-0.25, -0.2) is 8.42 Å². The first-order valence-corrected chi connectivity index (χ1v) is 13.8. The normalized spacial score (nSPS) is 18.4. The summed E-state index contributed by atoms with van der Waals surface area (Å²) in [4.78, 5) is 22.0. The number of aromatic nitrogens is 2. The van der Waals surface area contributed by atoms with E-state index < -0.39 is 10.0 Å². The maximum atomic E-state index is 13.1. The highest BCUT2D eigenvalue weighted by atomic mass is 32.2. The molecular weight excluding hydrogens is 478 g/mol. The van der Waals surface area contributed by atoms with Crippen LogP contribution in [0.15, 0.2) is 64.0 Å². The molecule has 5 rings (SSSR count). The van der Waals surface area contributed by atoms with E-state index in [1.165, 1.54) is 9.87 Å². The zero-order valence-electron chi connectivity index (χ0n) is 20.4. The Kier molecular flexibility index (Phi) is 7.17. The van der Waals surface area contributed by atoms with Gasteiger partial charge in [0.2, 0.25) is 27.6 Å². The van der Waals surface area contributed by atoms with Crippen molar-refractivity contribution in [3.05, 3.63) is 66.1 Å². The molecule has 3 aromatic rings. The first-order valence-electron chi connectivity index (χ1n) is 12.4. The third-order valence-electron chi connectivity index (χ3n) is 7.00. The van der Waals surface area contributed by atoms with Gasteiger partial charge in [-0.2, -0.15) is 9.29 Å². The van der Waals surface area contributed by atoms with E-state index in [4.69, 9.17) is 4.52 Å². The van der Waals surface area contributed by atoms with Crippen molar-refractivity contribution in [3.63, 3.8) is 0 Å². The van der Waals surface area contributed by atoms with Crippen molar-refractivity contribution >= 4 is 15.9 Å². The summed E-state index contributed by atoms with van der Waals surface area (Å²) in [6, 6.07) is 16.5. The molecule has 2 aromatic carbocycles. The highest BCUT2D eigenvalue weighted by Gasteiger charge is 2.34. The second kappa shape index (κ2) is 10.5. The van der Waals surface area contributed by atoms with Gasteiger partial charge >= 0.3 is 0 Å². The van der Waals surface area contributed by atoms with Crippen molar-refractivity contribution in [2.24, 2.45) is 5.92 Å². The molecule has 2 fully saturated rings. The number of sulfonamides is 1. The van der Waals surface area contributed by atoms with Gasteiger partial charge < -0.3 is 9.42 Å². The van der Waals surface area contributed by atoms with Crippen molar-refractivity contribution < 1.29 is 17.7 Å². The fourth-order valence-electron chi connectivity index (χ4n) is 4.82. The van der Waals surface area contributed by atoms with Gasteiger partial charge in [-0.15, -0.1) is 0 Å². The molecule has 2 aliphatic heterocycles. The van der Waals surface area contributed by atoms with E-state index in [1.54, 1.807) is 30.3 Å². The Hall–Kier alpha value is -3.08.